The van der Waals surface area contributed by atoms with E-state index in [1.165, 1.54) is 11.6 Å². The van der Waals surface area contributed by atoms with E-state index in [2.05, 4.69) is 9.71 Å². The molecule has 7 heteroatoms. The lowest BCUT2D eigenvalue weighted by Crippen LogP contribution is -2.14. The molecule has 0 bridgehead atoms. The number of para-hydroxylation sites is 1. The third kappa shape index (κ3) is 3.50. The Bertz CT molecular complexity index is 1270. The van der Waals surface area contributed by atoms with Crippen molar-refractivity contribution in [2.24, 2.45) is 5.73 Å². The summed E-state index contributed by atoms with van der Waals surface area (Å²) in [6.07, 6.45) is 4.38. The molecule has 1 aliphatic rings. The lowest BCUT2D eigenvalue weighted by Gasteiger charge is -2.25. The van der Waals surface area contributed by atoms with Crippen LogP contribution in [-0.4, -0.2) is 19.3 Å². The molecule has 1 amide bonds. The summed E-state index contributed by atoms with van der Waals surface area (Å²) in [7, 11) is -3.54. The number of benzene rings is 2. The minimum atomic E-state index is -3.54. The molecule has 6 nitrogen and oxygen atoms in total. The number of allylic oxidation sites excluding steroid dienone is 1. The number of H-pyrrole nitrogens is 1. The predicted molar refractivity (Wildman–Crippen MR) is 120 cm³/mol. The molecule has 0 saturated heterocycles. The third-order valence-corrected chi connectivity index (χ3v) is 6.96. The summed E-state index contributed by atoms with van der Waals surface area (Å²) in [6.45, 7) is 3.61. The average molecular weight is 424 g/mol. The van der Waals surface area contributed by atoms with Crippen molar-refractivity contribution in [1.29, 1.82) is 0 Å². The number of fused-ring (bicyclic) bond motifs is 3. The van der Waals surface area contributed by atoms with E-state index in [-0.39, 0.29) is 5.92 Å². The Hall–Kier alpha value is -3.06. The maximum Gasteiger partial charge on any atom is 0.254 e. The van der Waals surface area contributed by atoms with Crippen LogP contribution in [0.2, 0.25) is 0 Å². The van der Waals surface area contributed by atoms with Crippen molar-refractivity contribution in [1.82, 2.24) is 4.98 Å². The fourth-order valence-corrected chi connectivity index (χ4v) is 5.47. The van der Waals surface area contributed by atoms with Gasteiger partial charge in [-0.1, -0.05) is 30.3 Å². The molecule has 0 fully saturated rings. The first-order valence-corrected chi connectivity index (χ1v) is 11.6. The topological polar surface area (TPSA) is 105 Å². The van der Waals surface area contributed by atoms with Crippen molar-refractivity contribution < 1.29 is 13.2 Å². The first-order valence-electron chi connectivity index (χ1n) is 10.0. The lowest BCUT2D eigenvalue weighted by molar-refractivity contribution is 0.100. The number of nitrogens with one attached hydrogen (secondary N) is 2. The zero-order valence-corrected chi connectivity index (χ0v) is 17.8. The summed E-state index contributed by atoms with van der Waals surface area (Å²) < 4.78 is 27.1. The number of primary amides is 1. The van der Waals surface area contributed by atoms with Crippen molar-refractivity contribution in [2.45, 2.75) is 39.0 Å². The number of rotatable bonds is 5. The Balaban J connectivity index is 1.83. The highest BCUT2D eigenvalue weighted by atomic mass is 32.2. The van der Waals surface area contributed by atoms with Gasteiger partial charge in [0, 0.05) is 22.4 Å². The summed E-state index contributed by atoms with van der Waals surface area (Å²) in [5.74, 6) is -0.361. The standard InChI is InChI=1S/C23H25N3O3S/c1-3-13-30(28,29)26-20-12-6-7-15(14(20)2)16-8-4-9-17-18-10-5-11-19(23(24)27)22(18)25-21(16)17/h3,5-7,10-13,16,25-26H,4,8-9H2,1-2H3,(H2,24,27). The number of aryl methyl sites for hydroxylation is 1. The molecule has 0 spiro atoms. The molecule has 1 aliphatic carbocycles. The van der Waals surface area contributed by atoms with Crippen molar-refractivity contribution in [3.63, 3.8) is 0 Å². The van der Waals surface area contributed by atoms with E-state index in [4.69, 9.17) is 5.73 Å². The van der Waals surface area contributed by atoms with Crippen LogP contribution in [0.5, 0.6) is 0 Å². The zero-order valence-electron chi connectivity index (χ0n) is 17.0. The van der Waals surface area contributed by atoms with Crippen LogP contribution in [-0.2, 0) is 16.4 Å². The Morgan fingerprint density at radius 3 is 2.73 bits per heavy atom. The van der Waals surface area contributed by atoms with Crippen molar-refractivity contribution in [3.05, 3.63) is 75.8 Å². The number of aromatic nitrogens is 1. The first kappa shape index (κ1) is 20.2. The number of carbonyl (C=O) groups excluding carboxylic acids is 1. The van der Waals surface area contributed by atoms with Crippen molar-refractivity contribution in [2.75, 3.05) is 4.72 Å². The molecule has 0 saturated carbocycles. The maximum atomic E-state index is 12.2. The molecule has 1 atom stereocenters. The van der Waals surface area contributed by atoms with Gasteiger partial charge in [0.1, 0.15) is 0 Å². The van der Waals surface area contributed by atoms with E-state index >= 15 is 0 Å². The molecule has 30 heavy (non-hydrogen) atoms. The van der Waals surface area contributed by atoms with Crippen LogP contribution in [0.4, 0.5) is 5.69 Å². The van der Waals surface area contributed by atoms with Gasteiger partial charge in [-0.15, -0.1) is 0 Å². The predicted octanol–water partition coefficient (Wildman–Crippen LogP) is 4.32. The SMILES string of the molecule is CC=CS(=O)(=O)Nc1cccc(C2CCCc3c2[nH]c2c(C(N)=O)cccc32)c1C. The number of hydrogen-bond acceptors (Lipinski definition) is 3. The van der Waals surface area contributed by atoms with Gasteiger partial charge >= 0.3 is 0 Å². The van der Waals surface area contributed by atoms with Gasteiger partial charge in [-0.05, 0) is 61.9 Å². The minimum absolute atomic E-state index is 0.0908. The Morgan fingerprint density at radius 1 is 1.23 bits per heavy atom. The number of anilines is 1. The molecule has 0 radical (unpaired) electrons. The summed E-state index contributed by atoms with van der Waals surface area (Å²) in [5.41, 5.74) is 11.7. The lowest BCUT2D eigenvalue weighted by atomic mass is 9.80. The highest BCUT2D eigenvalue weighted by Gasteiger charge is 2.28. The smallest absolute Gasteiger partial charge is 0.254 e. The Morgan fingerprint density at radius 2 is 2.00 bits per heavy atom. The number of aromatic amines is 1. The van der Waals surface area contributed by atoms with Gasteiger partial charge in [0.25, 0.3) is 15.9 Å². The molecular formula is C23H25N3O3S. The number of nitrogens with two attached hydrogens (primary N) is 1. The second-order valence-electron chi connectivity index (χ2n) is 7.69. The van der Waals surface area contributed by atoms with Crippen molar-refractivity contribution in [3.8, 4) is 0 Å². The second-order valence-corrected chi connectivity index (χ2v) is 9.26. The van der Waals surface area contributed by atoms with Crippen LogP contribution in [0.25, 0.3) is 10.9 Å². The zero-order chi connectivity index (χ0) is 21.5. The van der Waals surface area contributed by atoms with E-state index in [0.29, 0.717) is 11.3 Å². The molecule has 1 unspecified atom stereocenters. The molecule has 3 aromatic rings. The Kier molecular flexibility index (Phi) is 5.15. The first-order chi connectivity index (χ1) is 14.3. The number of amides is 1. The van der Waals surface area contributed by atoms with Crippen LogP contribution in [0, 0.1) is 6.92 Å². The van der Waals surface area contributed by atoms with Gasteiger partial charge in [0.2, 0.25) is 0 Å². The maximum absolute atomic E-state index is 12.2. The van der Waals surface area contributed by atoms with E-state index in [1.54, 1.807) is 19.1 Å². The van der Waals surface area contributed by atoms with E-state index < -0.39 is 15.9 Å². The molecule has 1 aromatic heterocycles. The van der Waals surface area contributed by atoms with Gasteiger partial charge in [0.05, 0.1) is 16.8 Å². The van der Waals surface area contributed by atoms with Crippen LogP contribution >= 0.6 is 0 Å². The normalized spacial score (nSPS) is 16.7. The van der Waals surface area contributed by atoms with E-state index in [9.17, 15) is 13.2 Å². The molecule has 0 aliphatic heterocycles. The summed E-state index contributed by atoms with van der Waals surface area (Å²) in [4.78, 5) is 15.4. The molecule has 2 aromatic carbocycles. The molecule has 4 N–H and O–H groups in total. The number of hydrogen-bond donors (Lipinski definition) is 3. The molecule has 1 heterocycles. The second kappa shape index (κ2) is 7.65. The molecule has 4 rings (SSSR count). The largest absolute Gasteiger partial charge is 0.366 e. The monoisotopic (exact) mass is 423 g/mol. The van der Waals surface area contributed by atoms with Gasteiger partial charge in [-0.25, -0.2) is 8.42 Å². The van der Waals surface area contributed by atoms with E-state index in [0.717, 1.165) is 52.4 Å². The van der Waals surface area contributed by atoms with E-state index in [1.807, 2.05) is 31.2 Å². The third-order valence-electron chi connectivity index (χ3n) is 5.83. The fourth-order valence-electron chi connectivity index (χ4n) is 4.51. The summed E-state index contributed by atoms with van der Waals surface area (Å²) >= 11 is 0. The minimum Gasteiger partial charge on any atom is -0.366 e. The fraction of sp³-hybridized carbons (Fsp3) is 0.261. The van der Waals surface area contributed by atoms with Gasteiger partial charge in [-0.3, -0.25) is 9.52 Å². The number of carbonyl (C=O) groups is 1. The van der Waals surface area contributed by atoms with Crippen LogP contribution < -0.4 is 10.5 Å². The van der Waals surface area contributed by atoms with Crippen LogP contribution in [0.1, 0.15) is 58.4 Å². The number of sulfonamides is 1. The van der Waals surface area contributed by atoms with Gasteiger partial charge in [0.15, 0.2) is 0 Å². The highest BCUT2D eigenvalue weighted by molar-refractivity contribution is 7.95. The van der Waals surface area contributed by atoms with Gasteiger partial charge < -0.3 is 10.7 Å². The summed E-state index contributed by atoms with van der Waals surface area (Å²) in [6, 6.07) is 11.3. The van der Waals surface area contributed by atoms with Crippen molar-refractivity contribution >= 4 is 32.5 Å². The molecular weight excluding hydrogens is 398 g/mol. The van der Waals surface area contributed by atoms with Crippen LogP contribution in [0.3, 0.4) is 0 Å². The van der Waals surface area contributed by atoms with Crippen LogP contribution in [0.15, 0.2) is 47.9 Å². The highest BCUT2D eigenvalue weighted by Crippen LogP contribution is 2.42. The average Bonchev–Trinajstić information content (AvgIpc) is 3.08. The summed E-state index contributed by atoms with van der Waals surface area (Å²) in [5, 5.41) is 2.19. The molecule has 156 valence electrons. The quantitative estimate of drug-likeness (QED) is 0.569. The van der Waals surface area contributed by atoms with Gasteiger partial charge in [-0.2, -0.15) is 0 Å². The Labute approximate surface area is 176 Å².